The Morgan fingerprint density at radius 1 is 1.06 bits per heavy atom. The van der Waals surface area contributed by atoms with Crippen LogP contribution in [0.15, 0.2) is 65.7 Å². The molecule has 0 aliphatic heterocycles. The predicted molar refractivity (Wildman–Crippen MR) is 132 cm³/mol. The number of hydrogen-bond donors (Lipinski definition) is 0. The van der Waals surface area contributed by atoms with E-state index in [0.29, 0.717) is 39.2 Å². The number of ether oxygens (including phenoxy) is 1. The highest BCUT2D eigenvalue weighted by atomic mass is 19.1. The quantitative estimate of drug-likeness (QED) is 0.376. The Balaban J connectivity index is 1.80. The number of benzene rings is 2. The maximum Gasteiger partial charge on any atom is 0.333 e. The van der Waals surface area contributed by atoms with E-state index in [2.05, 4.69) is 16.0 Å². The maximum absolute atomic E-state index is 14.1. The Morgan fingerprint density at radius 2 is 1.86 bits per heavy atom. The van der Waals surface area contributed by atoms with Crippen LogP contribution < -0.4 is 10.4 Å². The van der Waals surface area contributed by atoms with Crippen LogP contribution in [-0.4, -0.2) is 26.2 Å². The van der Waals surface area contributed by atoms with E-state index in [1.165, 1.54) is 23.8 Å². The SMILES string of the molecule is COc1ccc(F)cc1-c1ccc2ncc3c(c2c1)n(-c1ccc(C(C)(C)C#N)nc1)c(=O)n3C. The molecule has 0 bridgehead atoms. The van der Waals surface area contributed by atoms with Crippen LogP contribution in [0.3, 0.4) is 0 Å². The van der Waals surface area contributed by atoms with E-state index in [1.54, 1.807) is 56.1 Å². The zero-order valence-corrected chi connectivity index (χ0v) is 19.7. The number of methoxy groups -OCH3 is 1. The summed E-state index contributed by atoms with van der Waals surface area (Å²) < 4.78 is 22.6. The smallest absolute Gasteiger partial charge is 0.333 e. The molecule has 5 rings (SSSR count). The summed E-state index contributed by atoms with van der Waals surface area (Å²) in [6.07, 6.45) is 3.26. The van der Waals surface area contributed by atoms with Gasteiger partial charge < -0.3 is 4.74 Å². The van der Waals surface area contributed by atoms with Crippen LogP contribution in [0, 0.1) is 17.1 Å². The number of aromatic nitrogens is 4. The Bertz CT molecular complexity index is 1710. The van der Waals surface area contributed by atoms with Crippen molar-refractivity contribution in [2.24, 2.45) is 7.05 Å². The van der Waals surface area contributed by atoms with Gasteiger partial charge in [0.1, 0.15) is 11.6 Å². The van der Waals surface area contributed by atoms with Crippen molar-refractivity contribution >= 4 is 21.9 Å². The fourth-order valence-corrected chi connectivity index (χ4v) is 4.26. The molecule has 0 saturated carbocycles. The summed E-state index contributed by atoms with van der Waals surface area (Å²) in [5, 5.41) is 10.2. The number of nitriles is 1. The summed E-state index contributed by atoms with van der Waals surface area (Å²) in [4.78, 5) is 22.3. The van der Waals surface area contributed by atoms with E-state index >= 15 is 0 Å². The van der Waals surface area contributed by atoms with E-state index in [0.717, 1.165) is 10.9 Å². The van der Waals surface area contributed by atoms with E-state index in [9.17, 15) is 14.4 Å². The lowest BCUT2D eigenvalue weighted by Gasteiger charge is -2.15. The highest BCUT2D eigenvalue weighted by molar-refractivity contribution is 6.04. The molecule has 8 heteroatoms. The van der Waals surface area contributed by atoms with Gasteiger partial charge in [-0.25, -0.2) is 9.18 Å². The van der Waals surface area contributed by atoms with E-state index in [-0.39, 0.29) is 11.5 Å². The van der Waals surface area contributed by atoms with Gasteiger partial charge in [-0.2, -0.15) is 5.26 Å². The molecule has 0 aliphatic carbocycles. The van der Waals surface area contributed by atoms with Crippen molar-refractivity contribution in [3.63, 3.8) is 0 Å². The molecule has 0 fully saturated rings. The largest absolute Gasteiger partial charge is 0.496 e. The number of nitrogens with zero attached hydrogens (tertiary/aromatic N) is 5. The van der Waals surface area contributed by atoms with Crippen LogP contribution in [0.1, 0.15) is 19.5 Å². The third-order valence-electron chi connectivity index (χ3n) is 6.28. The van der Waals surface area contributed by atoms with Gasteiger partial charge in [0.05, 0.1) is 58.9 Å². The Hall–Kier alpha value is -4.51. The van der Waals surface area contributed by atoms with Crippen molar-refractivity contribution in [3.8, 4) is 28.6 Å². The first kappa shape index (κ1) is 22.3. The molecule has 7 nitrogen and oxygen atoms in total. The van der Waals surface area contributed by atoms with E-state index < -0.39 is 5.41 Å². The van der Waals surface area contributed by atoms with Gasteiger partial charge in [-0.15, -0.1) is 0 Å². The third-order valence-corrected chi connectivity index (χ3v) is 6.28. The highest BCUT2D eigenvalue weighted by Gasteiger charge is 2.22. The summed E-state index contributed by atoms with van der Waals surface area (Å²) in [7, 11) is 3.23. The van der Waals surface area contributed by atoms with Crippen molar-refractivity contribution in [1.82, 2.24) is 19.1 Å². The number of halogens is 1. The lowest BCUT2D eigenvalue weighted by Crippen LogP contribution is -2.21. The Morgan fingerprint density at radius 3 is 2.54 bits per heavy atom. The van der Waals surface area contributed by atoms with Gasteiger partial charge in [0, 0.05) is 18.0 Å². The summed E-state index contributed by atoms with van der Waals surface area (Å²) >= 11 is 0. The molecule has 0 radical (unpaired) electrons. The molecule has 0 spiro atoms. The van der Waals surface area contributed by atoms with Crippen LogP contribution in [0.4, 0.5) is 4.39 Å². The molecule has 0 saturated heterocycles. The number of hydrogen-bond acceptors (Lipinski definition) is 5. The van der Waals surface area contributed by atoms with E-state index in [1.807, 2.05) is 18.2 Å². The van der Waals surface area contributed by atoms with Crippen molar-refractivity contribution in [2.75, 3.05) is 7.11 Å². The molecule has 0 unspecified atom stereocenters. The molecular formula is C27H22FN5O2. The van der Waals surface area contributed by atoms with Crippen LogP contribution in [-0.2, 0) is 12.5 Å². The zero-order valence-electron chi connectivity index (χ0n) is 19.7. The monoisotopic (exact) mass is 467 g/mol. The molecule has 2 aromatic carbocycles. The molecule has 0 aliphatic rings. The molecule has 5 aromatic rings. The standard InChI is InChI=1S/C27H22FN5O2/c1-27(2,15-29)24-10-7-18(13-31-24)33-25-20-11-16(19-12-17(28)6-9-23(19)35-4)5-8-21(20)30-14-22(25)32(3)26(33)34/h5-14H,1-4H3. The first-order chi connectivity index (χ1) is 16.7. The predicted octanol–water partition coefficient (Wildman–Crippen LogP) is 4.89. The van der Waals surface area contributed by atoms with Crippen molar-refractivity contribution in [1.29, 1.82) is 5.26 Å². The zero-order chi connectivity index (χ0) is 24.9. The normalized spacial score (nSPS) is 11.7. The molecule has 3 aromatic heterocycles. The highest BCUT2D eigenvalue weighted by Crippen LogP contribution is 2.34. The van der Waals surface area contributed by atoms with Crippen molar-refractivity contribution < 1.29 is 9.13 Å². The molecule has 0 atom stereocenters. The minimum Gasteiger partial charge on any atom is -0.496 e. The Labute approximate surface area is 200 Å². The van der Waals surface area contributed by atoms with Crippen LogP contribution in [0.2, 0.25) is 0 Å². The van der Waals surface area contributed by atoms with Gasteiger partial charge in [0.2, 0.25) is 0 Å². The number of imidazole rings is 1. The fraction of sp³-hybridized carbons (Fsp3) is 0.185. The van der Waals surface area contributed by atoms with Crippen molar-refractivity contribution in [2.45, 2.75) is 19.3 Å². The summed E-state index contributed by atoms with van der Waals surface area (Å²) in [5.74, 6) is 0.163. The van der Waals surface area contributed by atoms with Gasteiger partial charge in [0.15, 0.2) is 0 Å². The number of pyridine rings is 2. The molecule has 3 heterocycles. The number of aryl methyl sites for hydroxylation is 1. The topological polar surface area (TPSA) is 85.7 Å². The van der Waals surface area contributed by atoms with Gasteiger partial charge >= 0.3 is 5.69 Å². The summed E-state index contributed by atoms with van der Waals surface area (Å²) in [6, 6.07) is 15.7. The molecule has 0 amide bonds. The second-order valence-electron chi connectivity index (χ2n) is 8.88. The third kappa shape index (κ3) is 3.53. The maximum atomic E-state index is 14.1. The van der Waals surface area contributed by atoms with Crippen molar-refractivity contribution in [3.05, 3.63) is 82.9 Å². The van der Waals surface area contributed by atoms with Crippen LogP contribution >= 0.6 is 0 Å². The first-order valence-corrected chi connectivity index (χ1v) is 11.0. The second kappa shape index (κ2) is 8.06. The average molecular weight is 468 g/mol. The van der Waals surface area contributed by atoms with Gasteiger partial charge in [-0.05, 0) is 61.9 Å². The van der Waals surface area contributed by atoms with Crippen LogP contribution in [0.5, 0.6) is 5.75 Å². The fourth-order valence-electron chi connectivity index (χ4n) is 4.26. The average Bonchev–Trinajstić information content (AvgIpc) is 3.14. The van der Waals surface area contributed by atoms with Gasteiger partial charge in [-0.3, -0.25) is 19.1 Å². The Kier molecular flexibility index (Phi) is 5.13. The minimum absolute atomic E-state index is 0.253. The van der Waals surface area contributed by atoms with Crippen LogP contribution in [0.25, 0.3) is 38.8 Å². The molecule has 174 valence electrons. The molecule has 35 heavy (non-hydrogen) atoms. The first-order valence-electron chi connectivity index (χ1n) is 11.0. The molecule has 0 N–H and O–H groups in total. The van der Waals surface area contributed by atoms with Gasteiger partial charge in [0.25, 0.3) is 0 Å². The molecular weight excluding hydrogens is 445 g/mol. The summed E-state index contributed by atoms with van der Waals surface area (Å²) in [5.41, 5.74) is 3.50. The minimum atomic E-state index is -0.752. The lowest BCUT2D eigenvalue weighted by molar-refractivity contribution is 0.415. The lowest BCUT2D eigenvalue weighted by atomic mass is 9.91. The number of rotatable bonds is 4. The summed E-state index contributed by atoms with van der Waals surface area (Å²) in [6.45, 7) is 3.58. The number of fused-ring (bicyclic) bond motifs is 3. The van der Waals surface area contributed by atoms with Gasteiger partial charge in [-0.1, -0.05) is 6.07 Å². The van der Waals surface area contributed by atoms with E-state index in [4.69, 9.17) is 4.74 Å². The second-order valence-corrected chi connectivity index (χ2v) is 8.88.